The van der Waals surface area contributed by atoms with Crippen LogP contribution in [-0.2, 0) is 16.1 Å². The Morgan fingerprint density at radius 2 is 2.16 bits per heavy atom. The van der Waals surface area contributed by atoms with E-state index < -0.39 is 0 Å². The summed E-state index contributed by atoms with van der Waals surface area (Å²) in [5, 5.41) is 3.91. The second-order valence-corrected chi connectivity index (χ2v) is 4.74. The zero-order chi connectivity index (χ0) is 13.5. The lowest BCUT2D eigenvalue weighted by atomic mass is 9.92. The molecular weight excluding hydrogens is 242 g/mol. The Morgan fingerprint density at radius 1 is 1.37 bits per heavy atom. The number of rotatable bonds is 5. The monoisotopic (exact) mass is 261 g/mol. The zero-order valence-electron chi connectivity index (χ0n) is 11.1. The fraction of sp³-hybridized carbons (Fsp3) is 0.571. The molecule has 102 valence electrons. The van der Waals surface area contributed by atoms with Crippen molar-refractivity contribution in [3.63, 3.8) is 0 Å². The third-order valence-corrected chi connectivity index (χ3v) is 3.49. The van der Waals surface area contributed by atoms with Crippen LogP contribution >= 0.6 is 0 Å². The molecular formula is C14H19N3O2. The molecule has 0 radical (unpaired) electrons. The number of hydrogen-bond acceptors (Lipinski definition) is 3. The standard InChI is InChI=1S/C14H19N3O2/c1-2-12-9-18-10-13(14(12)16-17-15)19-8-11-6-4-3-5-7-11/h3-7,12-14H,2,8-10H2,1H3/t12-,13+,14+/m1/s1. The number of azide groups is 1. The van der Waals surface area contributed by atoms with Gasteiger partial charge in [0.2, 0.25) is 0 Å². The quantitative estimate of drug-likeness (QED) is 0.463. The van der Waals surface area contributed by atoms with Crippen LogP contribution in [0.25, 0.3) is 10.4 Å². The molecule has 1 saturated heterocycles. The normalized spacial score (nSPS) is 26.7. The summed E-state index contributed by atoms with van der Waals surface area (Å²) in [5.41, 5.74) is 9.81. The van der Waals surface area contributed by atoms with Gasteiger partial charge in [0.15, 0.2) is 0 Å². The van der Waals surface area contributed by atoms with E-state index in [-0.39, 0.29) is 18.1 Å². The molecule has 0 unspecified atom stereocenters. The molecule has 2 rings (SSSR count). The molecule has 0 N–H and O–H groups in total. The molecule has 3 atom stereocenters. The smallest absolute Gasteiger partial charge is 0.0901 e. The van der Waals surface area contributed by atoms with Crippen molar-refractivity contribution >= 4 is 0 Å². The number of hydrogen-bond donors (Lipinski definition) is 0. The van der Waals surface area contributed by atoms with E-state index in [0.29, 0.717) is 19.8 Å². The SMILES string of the molecule is CC[C@@H]1COC[C@H](OCc2ccccc2)[C@H]1N=[N+]=[N-]. The second-order valence-electron chi connectivity index (χ2n) is 4.74. The Labute approximate surface area is 113 Å². The van der Waals surface area contributed by atoms with E-state index >= 15 is 0 Å². The Balaban J connectivity index is 1.98. The minimum Gasteiger partial charge on any atom is -0.378 e. The predicted molar refractivity (Wildman–Crippen MR) is 72.6 cm³/mol. The van der Waals surface area contributed by atoms with Crippen molar-refractivity contribution in [3.8, 4) is 0 Å². The zero-order valence-corrected chi connectivity index (χ0v) is 11.1. The minimum atomic E-state index is -0.158. The van der Waals surface area contributed by atoms with Crippen LogP contribution in [0.5, 0.6) is 0 Å². The molecule has 1 fully saturated rings. The minimum absolute atomic E-state index is 0.132. The van der Waals surface area contributed by atoms with Crippen molar-refractivity contribution in [1.82, 2.24) is 0 Å². The van der Waals surface area contributed by atoms with Crippen molar-refractivity contribution in [1.29, 1.82) is 0 Å². The fourth-order valence-corrected chi connectivity index (χ4v) is 2.35. The first kappa shape index (κ1) is 13.9. The van der Waals surface area contributed by atoms with Gasteiger partial charge >= 0.3 is 0 Å². The van der Waals surface area contributed by atoms with Crippen molar-refractivity contribution in [2.24, 2.45) is 11.0 Å². The van der Waals surface area contributed by atoms with Crippen LogP contribution < -0.4 is 0 Å². The first-order valence-corrected chi connectivity index (χ1v) is 6.62. The molecule has 1 aromatic carbocycles. The first-order chi connectivity index (χ1) is 9.35. The van der Waals surface area contributed by atoms with Crippen LogP contribution in [0.15, 0.2) is 35.4 Å². The van der Waals surface area contributed by atoms with Gasteiger partial charge in [-0.25, -0.2) is 0 Å². The third kappa shape index (κ3) is 3.70. The molecule has 1 aliphatic rings. The largest absolute Gasteiger partial charge is 0.378 e. The van der Waals surface area contributed by atoms with Gasteiger partial charge in [-0.1, -0.05) is 48.8 Å². The predicted octanol–water partition coefficient (Wildman–Crippen LogP) is 3.31. The molecule has 0 aromatic heterocycles. The summed E-state index contributed by atoms with van der Waals surface area (Å²) >= 11 is 0. The molecule has 5 nitrogen and oxygen atoms in total. The Morgan fingerprint density at radius 3 is 2.84 bits per heavy atom. The highest BCUT2D eigenvalue weighted by Crippen LogP contribution is 2.24. The molecule has 0 spiro atoms. The van der Waals surface area contributed by atoms with E-state index in [1.807, 2.05) is 30.3 Å². The lowest BCUT2D eigenvalue weighted by Crippen LogP contribution is -2.44. The molecule has 0 saturated carbocycles. The summed E-state index contributed by atoms with van der Waals surface area (Å²) in [6.45, 7) is 3.73. The van der Waals surface area contributed by atoms with Gasteiger partial charge < -0.3 is 9.47 Å². The summed E-state index contributed by atoms with van der Waals surface area (Å²) in [6, 6.07) is 9.84. The lowest BCUT2D eigenvalue weighted by molar-refractivity contribution is -0.0916. The van der Waals surface area contributed by atoms with Crippen molar-refractivity contribution in [2.75, 3.05) is 13.2 Å². The summed E-state index contributed by atoms with van der Waals surface area (Å²) in [5.74, 6) is 0.241. The van der Waals surface area contributed by atoms with Gasteiger partial charge in [0, 0.05) is 11.5 Å². The van der Waals surface area contributed by atoms with E-state index in [1.165, 1.54) is 0 Å². The summed E-state index contributed by atoms with van der Waals surface area (Å²) in [6.07, 6.45) is 0.768. The van der Waals surface area contributed by atoms with E-state index in [1.54, 1.807) is 0 Å². The van der Waals surface area contributed by atoms with Crippen LogP contribution in [-0.4, -0.2) is 25.4 Å². The van der Waals surface area contributed by atoms with Crippen LogP contribution in [0.4, 0.5) is 0 Å². The van der Waals surface area contributed by atoms with Crippen LogP contribution in [0.1, 0.15) is 18.9 Å². The van der Waals surface area contributed by atoms with Gasteiger partial charge in [-0.3, -0.25) is 0 Å². The molecule has 19 heavy (non-hydrogen) atoms. The van der Waals surface area contributed by atoms with Gasteiger partial charge in [0.1, 0.15) is 0 Å². The van der Waals surface area contributed by atoms with Crippen molar-refractivity contribution in [3.05, 3.63) is 46.3 Å². The van der Waals surface area contributed by atoms with Gasteiger partial charge in [-0.05, 0) is 17.0 Å². The first-order valence-electron chi connectivity index (χ1n) is 6.62. The Kier molecular flexibility index (Phi) is 5.21. The molecule has 0 bridgehead atoms. The molecule has 0 aliphatic carbocycles. The van der Waals surface area contributed by atoms with Crippen LogP contribution in [0, 0.1) is 5.92 Å². The summed E-state index contributed by atoms with van der Waals surface area (Å²) < 4.78 is 11.4. The topological polar surface area (TPSA) is 67.2 Å². The molecule has 0 amide bonds. The molecule has 1 aromatic rings. The Hall–Kier alpha value is -1.55. The van der Waals surface area contributed by atoms with Gasteiger partial charge in [-0.2, -0.15) is 0 Å². The van der Waals surface area contributed by atoms with Gasteiger partial charge in [0.05, 0.1) is 25.4 Å². The van der Waals surface area contributed by atoms with Gasteiger partial charge in [0.25, 0.3) is 0 Å². The average molecular weight is 261 g/mol. The Bertz CT molecular complexity index is 432. The van der Waals surface area contributed by atoms with E-state index in [4.69, 9.17) is 15.0 Å². The second kappa shape index (κ2) is 7.14. The molecule has 5 heteroatoms. The third-order valence-electron chi connectivity index (χ3n) is 3.49. The number of nitrogens with zero attached hydrogens (tertiary/aromatic N) is 3. The van der Waals surface area contributed by atoms with E-state index in [0.717, 1.165) is 12.0 Å². The maximum Gasteiger partial charge on any atom is 0.0901 e. The lowest BCUT2D eigenvalue weighted by Gasteiger charge is -2.34. The van der Waals surface area contributed by atoms with Gasteiger partial charge in [-0.15, -0.1) is 0 Å². The van der Waals surface area contributed by atoms with Crippen molar-refractivity contribution in [2.45, 2.75) is 32.1 Å². The average Bonchev–Trinajstić information content (AvgIpc) is 2.47. The maximum atomic E-state index is 8.70. The van der Waals surface area contributed by atoms with E-state index in [9.17, 15) is 0 Å². The fourth-order valence-electron chi connectivity index (χ4n) is 2.35. The number of benzene rings is 1. The summed E-state index contributed by atoms with van der Waals surface area (Å²) in [7, 11) is 0. The maximum absolute atomic E-state index is 8.70. The highest BCUT2D eigenvalue weighted by atomic mass is 16.5. The van der Waals surface area contributed by atoms with E-state index in [2.05, 4.69) is 16.9 Å². The van der Waals surface area contributed by atoms with Crippen LogP contribution in [0.3, 0.4) is 0 Å². The summed E-state index contributed by atoms with van der Waals surface area (Å²) in [4.78, 5) is 2.95. The molecule has 1 aliphatic heterocycles. The van der Waals surface area contributed by atoms with Crippen LogP contribution in [0.2, 0.25) is 0 Å². The number of ether oxygens (including phenoxy) is 2. The highest BCUT2D eigenvalue weighted by Gasteiger charge is 2.33. The molecule has 1 heterocycles. The van der Waals surface area contributed by atoms with Crippen molar-refractivity contribution < 1.29 is 9.47 Å². The highest BCUT2D eigenvalue weighted by molar-refractivity contribution is 5.13.